The first kappa shape index (κ1) is 15.2. The molecule has 1 aromatic carbocycles. The van der Waals surface area contributed by atoms with Crippen LogP contribution in [0.2, 0.25) is 0 Å². The summed E-state index contributed by atoms with van der Waals surface area (Å²) in [6.45, 7) is 1.54. The zero-order valence-corrected chi connectivity index (χ0v) is 12.8. The molecule has 8 heteroatoms. The van der Waals surface area contributed by atoms with E-state index in [1.807, 2.05) is 0 Å². The number of furan rings is 1. The number of aromatic nitrogens is 1. The molecule has 0 aliphatic carbocycles. The van der Waals surface area contributed by atoms with Gasteiger partial charge < -0.3 is 15.1 Å². The van der Waals surface area contributed by atoms with Crippen LogP contribution in [-0.4, -0.2) is 22.8 Å². The normalized spacial score (nSPS) is 12.1. The van der Waals surface area contributed by atoms with Gasteiger partial charge in [-0.05, 0) is 37.3 Å². The Morgan fingerprint density at radius 2 is 2.17 bits per heavy atom. The molecular formula is C15H12FN3O3S. The minimum Gasteiger partial charge on any atom is -0.459 e. The van der Waals surface area contributed by atoms with E-state index in [4.69, 9.17) is 4.42 Å². The van der Waals surface area contributed by atoms with Crippen LogP contribution in [0.3, 0.4) is 0 Å². The molecule has 0 radical (unpaired) electrons. The topological polar surface area (TPSA) is 84.2 Å². The zero-order chi connectivity index (χ0) is 16.4. The van der Waals surface area contributed by atoms with E-state index >= 15 is 0 Å². The minimum atomic E-state index is -0.781. The molecule has 0 unspecified atom stereocenters. The number of nitrogens with zero attached hydrogens (tertiary/aromatic N) is 1. The summed E-state index contributed by atoms with van der Waals surface area (Å²) in [7, 11) is 0. The number of nitrogens with one attached hydrogen (secondary N) is 2. The number of carbonyl (C=O) groups excluding carboxylic acids is 2. The Bertz CT molecular complexity index is 860. The van der Waals surface area contributed by atoms with Gasteiger partial charge in [-0.3, -0.25) is 9.59 Å². The minimum absolute atomic E-state index is 0.125. The van der Waals surface area contributed by atoms with E-state index in [1.165, 1.54) is 24.5 Å². The lowest BCUT2D eigenvalue weighted by Crippen LogP contribution is -2.41. The quantitative estimate of drug-likeness (QED) is 0.769. The molecule has 1 atom stereocenters. The van der Waals surface area contributed by atoms with Gasteiger partial charge in [0.25, 0.3) is 5.91 Å². The summed E-state index contributed by atoms with van der Waals surface area (Å²) >= 11 is 1.16. The third kappa shape index (κ3) is 3.37. The van der Waals surface area contributed by atoms with Crippen LogP contribution in [0.5, 0.6) is 0 Å². The van der Waals surface area contributed by atoms with E-state index in [0.29, 0.717) is 15.3 Å². The summed E-state index contributed by atoms with van der Waals surface area (Å²) in [4.78, 5) is 28.1. The number of rotatable bonds is 4. The van der Waals surface area contributed by atoms with Crippen molar-refractivity contribution in [1.82, 2.24) is 10.3 Å². The number of hydrogen-bond acceptors (Lipinski definition) is 5. The van der Waals surface area contributed by atoms with Gasteiger partial charge in [0, 0.05) is 0 Å². The summed E-state index contributed by atoms with van der Waals surface area (Å²) in [6, 6.07) is 6.50. The van der Waals surface area contributed by atoms with Crippen molar-refractivity contribution < 1.29 is 18.4 Å². The predicted molar refractivity (Wildman–Crippen MR) is 83.8 cm³/mol. The van der Waals surface area contributed by atoms with E-state index in [2.05, 4.69) is 15.6 Å². The summed E-state index contributed by atoms with van der Waals surface area (Å²) in [5, 5.41) is 5.46. The van der Waals surface area contributed by atoms with Crippen molar-refractivity contribution in [1.29, 1.82) is 0 Å². The molecule has 0 aliphatic rings. The average molecular weight is 333 g/mol. The molecule has 2 aromatic heterocycles. The standard InChI is InChI=1S/C15H12FN3O3S/c1-8(17-14(21)11-3-2-6-22-11)13(20)19-15-18-10-5-4-9(16)7-12(10)23-15/h2-8H,1H3,(H,17,21)(H,18,19,20)/t8-/m0/s1. The molecule has 2 heterocycles. The fourth-order valence-electron chi connectivity index (χ4n) is 1.91. The first-order valence-corrected chi connectivity index (χ1v) is 7.56. The average Bonchev–Trinajstić information content (AvgIpc) is 3.15. The second kappa shape index (κ2) is 6.17. The summed E-state index contributed by atoms with van der Waals surface area (Å²) < 4.78 is 18.7. The van der Waals surface area contributed by atoms with E-state index in [0.717, 1.165) is 11.3 Å². The van der Waals surface area contributed by atoms with Crippen molar-refractivity contribution in [2.45, 2.75) is 13.0 Å². The van der Waals surface area contributed by atoms with Crippen molar-refractivity contribution in [3.05, 3.63) is 48.2 Å². The van der Waals surface area contributed by atoms with Crippen LogP contribution < -0.4 is 10.6 Å². The number of fused-ring (bicyclic) bond motifs is 1. The summed E-state index contributed by atoms with van der Waals surface area (Å²) in [6.07, 6.45) is 1.37. The molecule has 0 saturated carbocycles. The first-order valence-electron chi connectivity index (χ1n) is 6.74. The van der Waals surface area contributed by atoms with Crippen LogP contribution in [0.1, 0.15) is 17.5 Å². The summed E-state index contributed by atoms with van der Waals surface area (Å²) in [5.74, 6) is -1.15. The maximum absolute atomic E-state index is 13.1. The highest BCUT2D eigenvalue weighted by Gasteiger charge is 2.19. The molecule has 6 nitrogen and oxygen atoms in total. The maximum atomic E-state index is 13.1. The largest absolute Gasteiger partial charge is 0.459 e. The molecular weight excluding hydrogens is 321 g/mol. The molecule has 0 spiro atoms. The van der Waals surface area contributed by atoms with Gasteiger partial charge >= 0.3 is 0 Å². The second-order valence-electron chi connectivity index (χ2n) is 4.79. The highest BCUT2D eigenvalue weighted by Crippen LogP contribution is 2.26. The Morgan fingerprint density at radius 1 is 1.35 bits per heavy atom. The zero-order valence-electron chi connectivity index (χ0n) is 12.0. The lowest BCUT2D eigenvalue weighted by Gasteiger charge is -2.11. The van der Waals surface area contributed by atoms with Gasteiger partial charge in [0.2, 0.25) is 5.91 Å². The molecule has 2 amide bonds. The molecule has 0 aliphatic heterocycles. The van der Waals surface area contributed by atoms with Crippen LogP contribution in [0.15, 0.2) is 41.0 Å². The van der Waals surface area contributed by atoms with Crippen molar-refractivity contribution in [2.24, 2.45) is 0 Å². The molecule has 23 heavy (non-hydrogen) atoms. The van der Waals surface area contributed by atoms with E-state index in [1.54, 1.807) is 19.1 Å². The predicted octanol–water partition coefficient (Wildman–Crippen LogP) is 2.79. The van der Waals surface area contributed by atoms with Gasteiger partial charge in [0.1, 0.15) is 11.9 Å². The smallest absolute Gasteiger partial charge is 0.287 e. The fraction of sp³-hybridized carbons (Fsp3) is 0.133. The van der Waals surface area contributed by atoms with Crippen molar-refractivity contribution in [2.75, 3.05) is 5.32 Å². The number of hydrogen-bond donors (Lipinski definition) is 2. The second-order valence-corrected chi connectivity index (χ2v) is 5.82. The van der Waals surface area contributed by atoms with Crippen LogP contribution in [0.25, 0.3) is 10.2 Å². The summed E-state index contributed by atoms with van der Waals surface area (Å²) in [5.41, 5.74) is 0.596. The van der Waals surface area contributed by atoms with Crippen LogP contribution >= 0.6 is 11.3 Å². The Morgan fingerprint density at radius 3 is 2.91 bits per heavy atom. The van der Waals surface area contributed by atoms with Gasteiger partial charge in [-0.1, -0.05) is 11.3 Å². The highest BCUT2D eigenvalue weighted by atomic mass is 32.1. The number of thiazole rings is 1. The molecule has 2 N–H and O–H groups in total. The molecule has 0 bridgehead atoms. The lowest BCUT2D eigenvalue weighted by atomic mass is 10.3. The van der Waals surface area contributed by atoms with Crippen LogP contribution in [-0.2, 0) is 4.79 Å². The highest BCUT2D eigenvalue weighted by molar-refractivity contribution is 7.22. The third-order valence-electron chi connectivity index (χ3n) is 3.07. The first-order chi connectivity index (χ1) is 11.0. The SMILES string of the molecule is C[C@H](NC(=O)c1ccco1)C(=O)Nc1nc2ccc(F)cc2s1. The Labute approximate surface area is 134 Å². The third-order valence-corrected chi connectivity index (χ3v) is 4.00. The molecule has 3 rings (SSSR count). The molecule has 0 fully saturated rings. The Kier molecular flexibility index (Phi) is 4.07. The molecule has 118 valence electrons. The maximum Gasteiger partial charge on any atom is 0.287 e. The van der Waals surface area contributed by atoms with Crippen molar-refractivity contribution >= 4 is 38.5 Å². The lowest BCUT2D eigenvalue weighted by molar-refractivity contribution is -0.117. The van der Waals surface area contributed by atoms with Gasteiger partial charge in [-0.15, -0.1) is 0 Å². The number of anilines is 1. The molecule has 0 saturated heterocycles. The monoisotopic (exact) mass is 333 g/mol. The molecule has 3 aromatic rings. The van der Waals surface area contributed by atoms with Crippen molar-refractivity contribution in [3.8, 4) is 0 Å². The fourth-order valence-corrected chi connectivity index (χ4v) is 2.80. The van der Waals surface area contributed by atoms with Crippen molar-refractivity contribution in [3.63, 3.8) is 0 Å². The Hall–Kier alpha value is -2.74. The van der Waals surface area contributed by atoms with Gasteiger partial charge in [0.15, 0.2) is 10.9 Å². The van der Waals surface area contributed by atoms with E-state index in [-0.39, 0.29) is 11.6 Å². The Balaban J connectivity index is 1.66. The van der Waals surface area contributed by atoms with E-state index in [9.17, 15) is 14.0 Å². The number of carbonyl (C=O) groups is 2. The van der Waals surface area contributed by atoms with Gasteiger partial charge in [0.05, 0.1) is 16.5 Å². The van der Waals surface area contributed by atoms with Gasteiger partial charge in [-0.2, -0.15) is 0 Å². The number of benzene rings is 1. The number of halogens is 1. The van der Waals surface area contributed by atoms with Gasteiger partial charge in [-0.25, -0.2) is 9.37 Å². The van der Waals surface area contributed by atoms with Crippen LogP contribution in [0.4, 0.5) is 9.52 Å². The number of amides is 2. The van der Waals surface area contributed by atoms with E-state index < -0.39 is 17.9 Å². The van der Waals surface area contributed by atoms with Crippen LogP contribution in [0, 0.1) is 5.82 Å².